The van der Waals surface area contributed by atoms with Crippen LogP contribution in [0.5, 0.6) is 11.6 Å². The van der Waals surface area contributed by atoms with Crippen molar-refractivity contribution < 1.29 is 17.5 Å². The predicted molar refractivity (Wildman–Crippen MR) is 127 cm³/mol. The topological polar surface area (TPSA) is 98.4 Å². The van der Waals surface area contributed by atoms with Crippen molar-refractivity contribution in [2.24, 2.45) is 7.05 Å². The highest BCUT2D eigenvalue weighted by atomic mass is 32.2. The highest BCUT2D eigenvalue weighted by Gasteiger charge is 2.29. The second-order valence-electron chi connectivity index (χ2n) is 8.19. The van der Waals surface area contributed by atoms with Crippen LogP contribution in [-0.2, 0) is 17.1 Å². The van der Waals surface area contributed by atoms with Crippen molar-refractivity contribution in [2.75, 3.05) is 31.1 Å². The number of hydrogen-bond acceptors (Lipinski definition) is 7. The minimum absolute atomic E-state index is 0.278. The molecular formula is C23H24FN7O3S. The number of rotatable bonds is 6. The van der Waals surface area contributed by atoms with Gasteiger partial charge in [0.1, 0.15) is 17.9 Å². The first-order valence-corrected chi connectivity index (χ1v) is 12.4. The van der Waals surface area contributed by atoms with Gasteiger partial charge in [-0.05, 0) is 43.3 Å². The van der Waals surface area contributed by atoms with Crippen LogP contribution in [0.25, 0.3) is 5.82 Å². The summed E-state index contributed by atoms with van der Waals surface area (Å²) in [5.74, 6) is 1.29. The maximum absolute atomic E-state index is 13.3. The summed E-state index contributed by atoms with van der Waals surface area (Å²) < 4.78 is 48.4. The number of aromatic nitrogens is 5. The highest BCUT2D eigenvalue weighted by molar-refractivity contribution is 7.89. The smallest absolute Gasteiger partial charge is 0.243 e. The van der Waals surface area contributed by atoms with Crippen molar-refractivity contribution in [1.82, 2.24) is 28.9 Å². The summed E-state index contributed by atoms with van der Waals surface area (Å²) in [5.41, 5.74) is 1.00. The lowest BCUT2D eigenvalue weighted by Gasteiger charge is -2.34. The molecule has 12 heteroatoms. The number of aryl methyl sites for hydroxylation is 2. The predicted octanol–water partition coefficient (Wildman–Crippen LogP) is 2.75. The minimum Gasteiger partial charge on any atom is -0.439 e. The Kier molecular flexibility index (Phi) is 5.99. The maximum atomic E-state index is 13.3. The van der Waals surface area contributed by atoms with E-state index in [1.807, 2.05) is 11.8 Å². The van der Waals surface area contributed by atoms with E-state index < -0.39 is 10.0 Å². The number of piperazine rings is 1. The zero-order valence-corrected chi connectivity index (χ0v) is 20.1. The van der Waals surface area contributed by atoms with Gasteiger partial charge in [0.2, 0.25) is 21.9 Å². The molecule has 1 saturated heterocycles. The number of nitrogens with zero attached hydrogens (tertiary/aromatic N) is 7. The summed E-state index contributed by atoms with van der Waals surface area (Å²) >= 11 is 0. The van der Waals surface area contributed by atoms with Gasteiger partial charge < -0.3 is 9.64 Å². The third-order valence-electron chi connectivity index (χ3n) is 5.77. The van der Waals surface area contributed by atoms with Crippen LogP contribution in [0, 0.1) is 12.7 Å². The van der Waals surface area contributed by atoms with Crippen molar-refractivity contribution in [3.05, 3.63) is 72.3 Å². The second kappa shape index (κ2) is 9.12. The van der Waals surface area contributed by atoms with Gasteiger partial charge in [0, 0.05) is 39.3 Å². The molecule has 182 valence electrons. The fourth-order valence-electron chi connectivity index (χ4n) is 3.74. The van der Waals surface area contributed by atoms with Crippen LogP contribution in [0.15, 0.2) is 65.8 Å². The van der Waals surface area contributed by atoms with E-state index in [0.717, 1.165) is 5.56 Å². The molecule has 0 saturated carbocycles. The maximum Gasteiger partial charge on any atom is 0.243 e. The molecule has 0 atom stereocenters. The summed E-state index contributed by atoms with van der Waals surface area (Å²) in [5, 5.41) is 4.07. The first-order valence-electron chi connectivity index (χ1n) is 11.0. The standard InChI is InChI=1S/C23H24FN7O3S/c1-17-3-9-20(10-4-17)35(32,33)30-13-11-29(12-14-30)23-26-21(31-16-25-28(31)2)15-22(27-23)34-19-7-5-18(24)6-8-19/h3-10,15-16H,11-14H2,1-2H3. The third kappa shape index (κ3) is 4.75. The Hall–Kier alpha value is -3.77. The van der Waals surface area contributed by atoms with Crippen molar-refractivity contribution in [1.29, 1.82) is 0 Å². The largest absolute Gasteiger partial charge is 0.439 e. The van der Waals surface area contributed by atoms with E-state index >= 15 is 0 Å². The molecule has 10 nitrogen and oxygen atoms in total. The number of hydrogen-bond donors (Lipinski definition) is 0. The molecule has 0 bridgehead atoms. The van der Waals surface area contributed by atoms with Crippen molar-refractivity contribution in [2.45, 2.75) is 11.8 Å². The van der Waals surface area contributed by atoms with E-state index in [1.54, 1.807) is 53.2 Å². The Balaban J connectivity index is 1.37. The van der Waals surface area contributed by atoms with Gasteiger partial charge in [-0.25, -0.2) is 17.5 Å². The molecule has 0 spiro atoms. The van der Waals surface area contributed by atoms with Crippen LogP contribution in [0.3, 0.4) is 0 Å². The number of anilines is 1. The Labute approximate surface area is 202 Å². The van der Waals surface area contributed by atoms with Gasteiger partial charge in [-0.2, -0.15) is 19.1 Å². The van der Waals surface area contributed by atoms with Crippen LogP contribution in [0.2, 0.25) is 0 Å². The molecule has 0 unspecified atom stereocenters. The lowest BCUT2D eigenvalue weighted by atomic mass is 10.2. The summed E-state index contributed by atoms with van der Waals surface area (Å²) in [6.45, 7) is 3.33. The van der Waals surface area contributed by atoms with Crippen LogP contribution in [0.4, 0.5) is 10.3 Å². The molecular weight excluding hydrogens is 473 g/mol. The van der Waals surface area contributed by atoms with Gasteiger partial charge in [-0.15, -0.1) is 5.10 Å². The van der Waals surface area contributed by atoms with Crippen LogP contribution < -0.4 is 9.64 Å². The zero-order chi connectivity index (χ0) is 24.6. The number of halogens is 1. The molecule has 1 aliphatic rings. The number of sulfonamides is 1. The Bertz CT molecular complexity index is 1420. The first kappa shape index (κ1) is 23.0. The molecule has 2 aromatic carbocycles. The molecule has 0 radical (unpaired) electrons. The fourth-order valence-corrected chi connectivity index (χ4v) is 5.16. The second-order valence-corrected chi connectivity index (χ2v) is 10.1. The summed E-state index contributed by atoms with van der Waals surface area (Å²) in [6.07, 6.45) is 1.61. The van der Waals surface area contributed by atoms with Crippen molar-refractivity contribution in [3.63, 3.8) is 0 Å². The lowest BCUT2D eigenvalue weighted by Crippen LogP contribution is -2.49. The van der Waals surface area contributed by atoms with Gasteiger partial charge in [-0.1, -0.05) is 17.7 Å². The average Bonchev–Trinajstić information content (AvgIpc) is 2.85. The zero-order valence-electron chi connectivity index (χ0n) is 19.2. The van der Waals surface area contributed by atoms with Gasteiger partial charge in [0.15, 0.2) is 5.82 Å². The first-order chi connectivity index (χ1) is 16.8. The van der Waals surface area contributed by atoms with Crippen LogP contribution in [0.1, 0.15) is 5.56 Å². The molecule has 3 heterocycles. The van der Waals surface area contributed by atoms with Gasteiger partial charge >= 0.3 is 0 Å². The van der Waals surface area contributed by atoms with E-state index in [-0.39, 0.29) is 16.6 Å². The summed E-state index contributed by atoms with van der Waals surface area (Å²) in [7, 11) is -1.81. The minimum atomic E-state index is -3.58. The molecule has 5 rings (SSSR count). The SMILES string of the molecule is Cc1ccc(S(=O)(=O)N2CCN(c3nc(Oc4ccc(F)cc4)cc(-n4cnn4C)n3)CC2)cc1. The Morgan fingerprint density at radius 1 is 0.943 bits per heavy atom. The van der Waals surface area contributed by atoms with Gasteiger partial charge in [0.25, 0.3) is 0 Å². The Morgan fingerprint density at radius 2 is 1.63 bits per heavy atom. The summed E-state index contributed by atoms with van der Waals surface area (Å²) in [4.78, 5) is 13.0. The molecule has 1 aliphatic heterocycles. The lowest BCUT2D eigenvalue weighted by molar-refractivity contribution is 0.380. The molecule has 0 N–H and O–H groups in total. The monoisotopic (exact) mass is 497 g/mol. The highest BCUT2D eigenvalue weighted by Crippen LogP contribution is 2.26. The van der Waals surface area contributed by atoms with Crippen LogP contribution >= 0.6 is 0 Å². The molecule has 35 heavy (non-hydrogen) atoms. The van der Waals surface area contributed by atoms with Gasteiger partial charge in [0.05, 0.1) is 4.90 Å². The summed E-state index contributed by atoms with van der Waals surface area (Å²) in [6, 6.07) is 14.2. The van der Waals surface area contributed by atoms with E-state index in [4.69, 9.17) is 4.74 Å². The van der Waals surface area contributed by atoms with Gasteiger partial charge in [-0.3, -0.25) is 0 Å². The normalized spacial score (nSPS) is 14.9. The number of ether oxygens (including phenoxy) is 1. The fraction of sp³-hybridized carbons (Fsp3) is 0.261. The molecule has 4 aromatic rings. The van der Waals surface area contributed by atoms with E-state index in [0.29, 0.717) is 43.7 Å². The quantitative estimate of drug-likeness (QED) is 0.404. The van der Waals surface area contributed by atoms with E-state index in [1.165, 1.54) is 28.6 Å². The third-order valence-corrected chi connectivity index (χ3v) is 7.68. The molecule has 0 aliphatic carbocycles. The van der Waals surface area contributed by atoms with E-state index in [9.17, 15) is 12.8 Å². The molecule has 1 fully saturated rings. The average molecular weight is 498 g/mol. The van der Waals surface area contributed by atoms with Crippen LogP contribution in [-0.4, -0.2) is 63.4 Å². The van der Waals surface area contributed by atoms with Crippen molar-refractivity contribution in [3.8, 4) is 17.4 Å². The Morgan fingerprint density at radius 3 is 2.23 bits per heavy atom. The molecule has 2 aromatic heterocycles. The molecule has 0 amide bonds. The number of benzene rings is 2. The van der Waals surface area contributed by atoms with Crippen molar-refractivity contribution >= 4 is 16.0 Å². The van der Waals surface area contributed by atoms with E-state index in [2.05, 4.69) is 15.1 Å².